The molecule has 1 saturated heterocycles. The molecule has 1 aromatic heterocycles. The molecule has 0 radical (unpaired) electrons. The quantitative estimate of drug-likeness (QED) is 0.774. The summed E-state index contributed by atoms with van der Waals surface area (Å²) in [4.78, 5) is 25.6. The lowest BCUT2D eigenvalue weighted by atomic mass is 10.1. The molecule has 2 aromatic rings. The minimum Gasteiger partial charge on any atom is -0.455 e. The van der Waals surface area contributed by atoms with Crippen molar-refractivity contribution in [1.29, 1.82) is 0 Å². The van der Waals surface area contributed by atoms with Gasteiger partial charge in [0.25, 0.3) is 0 Å². The molecular weight excluding hydrogens is 338 g/mol. The van der Waals surface area contributed by atoms with Crippen LogP contribution in [0, 0.1) is 0 Å². The van der Waals surface area contributed by atoms with E-state index in [1.54, 1.807) is 23.1 Å². The molecule has 1 fully saturated rings. The number of carbonyl (C=O) groups is 2. The first-order valence-corrected chi connectivity index (χ1v) is 8.29. The zero-order valence-electron chi connectivity index (χ0n) is 12.2. The van der Waals surface area contributed by atoms with Crippen LogP contribution in [0.5, 0.6) is 0 Å². The van der Waals surface area contributed by atoms with Gasteiger partial charge in [0, 0.05) is 31.0 Å². The van der Waals surface area contributed by atoms with Gasteiger partial charge in [0.2, 0.25) is 5.91 Å². The van der Waals surface area contributed by atoms with Crippen molar-refractivity contribution in [3.8, 4) is 0 Å². The molecule has 0 bridgehead atoms. The first-order chi connectivity index (χ1) is 11.1. The summed E-state index contributed by atoms with van der Waals surface area (Å²) >= 11 is 6.92. The van der Waals surface area contributed by atoms with Gasteiger partial charge in [-0.3, -0.25) is 4.79 Å². The summed E-state index contributed by atoms with van der Waals surface area (Å²) in [7, 11) is 0. The molecule has 0 atom stereocenters. The number of aromatic nitrogens is 2. The van der Waals surface area contributed by atoms with Crippen molar-refractivity contribution in [2.24, 2.45) is 0 Å². The smallest absolute Gasteiger partial charge is 0.338 e. The van der Waals surface area contributed by atoms with Crippen LogP contribution in [0.15, 0.2) is 24.3 Å². The Labute approximate surface area is 142 Å². The fourth-order valence-corrected chi connectivity index (χ4v) is 2.99. The highest BCUT2D eigenvalue weighted by Gasteiger charge is 2.20. The van der Waals surface area contributed by atoms with Gasteiger partial charge < -0.3 is 9.64 Å². The second-order valence-corrected chi connectivity index (χ2v) is 6.54. The molecule has 8 heteroatoms. The number of halogens is 1. The lowest BCUT2D eigenvalue weighted by Gasteiger charge is -2.15. The fourth-order valence-electron chi connectivity index (χ4n) is 2.39. The van der Waals surface area contributed by atoms with Crippen LogP contribution in [0.3, 0.4) is 0 Å². The van der Waals surface area contributed by atoms with Crippen LogP contribution in [0.1, 0.15) is 34.5 Å². The van der Waals surface area contributed by atoms with Crippen LogP contribution in [0.4, 0.5) is 0 Å². The van der Waals surface area contributed by atoms with E-state index >= 15 is 0 Å². The number of nitrogens with zero attached hydrogens (tertiary/aromatic N) is 3. The lowest BCUT2D eigenvalue weighted by molar-refractivity contribution is -0.128. The molecule has 1 aromatic carbocycles. The van der Waals surface area contributed by atoms with E-state index in [0.717, 1.165) is 30.1 Å². The molecule has 0 saturated carbocycles. The number of benzene rings is 1. The van der Waals surface area contributed by atoms with Gasteiger partial charge in [-0.15, -0.1) is 5.10 Å². The summed E-state index contributed by atoms with van der Waals surface area (Å²) in [6.07, 6.45) is 1.49. The van der Waals surface area contributed by atoms with Gasteiger partial charge in [-0.2, -0.15) is 0 Å². The summed E-state index contributed by atoms with van der Waals surface area (Å²) in [5.74, 6) is -0.299. The molecule has 3 rings (SSSR count). The molecule has 0 spiro atoms. The van der Waals surface area contributed by atoms with Crippen molar-refractivity contribution in [3.05, 3.63) is 45.4 Å². The van der Waals surface area contributed by atoms with E-state index in [2.05, 4.69) is 9.59 Å². The van der Waals surface area contributed by atoms with Gasteiger partial charge in [-0.1, -0.05) is 28.2 Å². The van der Waals surface area contributed by atoms with Gasteiger partial charge in [0.05, 0.1) is 5.56 Å². The highest BCUT2D eigenvalue weighted by atomic mass is 35.5. The monoisotopic (exact) mass is 351 g/mol. The molecule has 120 valence electrons. The minimum atomic E-state index is -0.455. The topological polar surface area (TPSA) is 72.4 Å². The van der Waals surface area contributed by atoms with Crippen molar-refractivity contribution in [1.82, 2.24) is 14.5 Å². The fraction of sp³-hybridized carbons (Fsp3) is 0.333. The third-order valence-electron chi connectivity index (χ3n) is 3.56. The van der Waals surface area contributed by atoms with E-state index in [-0.39, 0.29) is 12.5 Å². The van der Waals surface area contributed by atoms with E-state index in [1.807, 2.05) is 6.07 Å². The highest BCUT2D eigenvalue weighted by Crippen LogP contribution is 2.19. The maximum absolute atomic E-state index is 12.1. The van der Waals surface area contributed by atoms with Crippen molar-refractivity contribution >= 4 is 35.0 Å². The van der Waals surface area contributed by atoms with Crippen LogP contribution in [-0.2, 0) is 22.7 Å². The molecule has 1 aliphatic rings. The summed E-state index contributed by atoms with van der Waals surface area (Å²) in [5.41, 5.74) is 1.79. The number of hydrogen-bond acceptors (Lipinski definition) is 6. The Morgan fingerprint density at radius 3 is 3.00 bits per heavy atom. The van der Waals surface area contributed by atoms with Gasteiger partial charge in [-0.05, 0) is 24.1 Å². The van der Waals surface area contributed by atoms with Crippen molar-refractivity contribution in [2.45, 2.75) is 26.0 Å². The first kappa shape index (κ1) is 15.9. The summed E-state index contributed by atoms with van der Waals surface area (Å²) in [6.45, 7) is 1.27. The van der Waals surface area contributed by atoms with E-state index in [0.29, 0.717) is 28.6 Å². The first-order valence-electron chi connectivity index (χ1n) is 7.14. The second-order valence-electron chi connectivity index (χ2n) is 5.19. The van der Waals surface area contributed by atoms with E-state index in [9.17, 15) is 9.59 Å². The highest BCUT2D eigenvalue weighted by molar-refractivity contribution is 7.10. The summed E-state index contributed by atoms with van der Waals surface area (Å²) in [5, 5.41) is 3.79. The Morgan fingerprint density at radius 1 is 1.43 bits per heavy atom. The third kappa shape index (κ3) is 3.86. The number of rotatable bonds is 5. The van der Waals surface area contributed by atoms with Crippen LogP contribution < -0.4 is 0 Å². The molecule has 0 aliphatic carbocycles. The molecular formula is C15H14ClN3O3S. The van der Waals surface area contributed by atoms with E-state index in [4.69, 9.17) is 16.3 Å². The Bertz CT molecular complexity index is 734. The zero-order chi connectivity index (χ0) is 16.2. The van der Waals surface area contributed by atoms with Crippen LogP contribution in [0.2, 0.25) is 4.34 Å². The van der Waals surface area contributed by atoms with E-state index < -0.39 is 5.97 Å². The number of ether oxygens (including phenoxy) is 1. The minimum absolute atomic E-state index is 0.0109. The Morgan fingerprint density at radius 2 is 2.30 bits per heavy atom. The van der Waals surface area contributed by atoms with Gasteiger partial charge >= 0.3 is 5.97 Å². The van der Waals surface area contributed by atoms with Gasteiger partial charge in [0.15, 0.2) is 0 Å². The number of hydrogen-bond donors (Lipinski definition) is 0. The maximum Gasteiger partial charge on any atom is 0.338 e. The zero-order valence-corrected chi connectivity index (χ0v) is 13.8. The standard InChI is InChI=1S/C15H14ClN3O3S/c16-14-12(17-18-23-14)9-22-15(21)11-4-1-3-10(7-11)8-19-6-2-5-13(19)20/h1,3-4,7H,2,5-6,8-9H2. The van der Waals surface area contributed by atoms with Crippen molar-refractivity contribution in [3.63, 3.8) is 0 Å². The van der Waals surface area contributed by atoms with Crippen molar-refractivity contribution < 1.29 is 14.3 Å². The Balaban J connectivity index is 1.63. The lowest BCUT2D eigenvalue weighted by Crippen LogP contribution is -2.23. The molecule has 6 nitrogen and oxygen atoms in total. The number of likely N-dealkylation sites (tertiary alicyclic amines) is 1. The van der Waals surface area contributed by atoms with Gasteiger partial charge in [0.1, 0.15) is 16.6 Å². The number of esters is 1. The van der Waals surface area contributed by atoms with Crippen LogP contribution in [-0.4, -0.2) is 32.9 Å². The van der Waals surface area contributed by atoms with Crippen LogP contribution in [0.25, 0.3) is 0 Å². The predicted octanol–water partition coefficient (Wildman–Crippen LogP) is 2.67. The number of amides is 1. The SMILES string of the molecule is O=C(OCc1nnsc1Cl)c1cccc(CN2CCCC2=O)c1. The average Bonchev–Trinajstić information content (AvgIpc) is 3.14. The predicted molar refractivity (Wildman–Crippen MR) is 85.1 cm³/mol. The van der Waals surface area contributed by atoms with Crippen LogP contribution >= 0.6 is 23.1 Å². The average molecular weight is 352 g/mol. The molecule has 2 heterocycles. The Hall–Kier alpha value is -1.99. The van der Waals surface area contributed by atoms with Crippen molar-refractivity contribution in [2.75, 3.05) is 6.54 Å². The number of carbonyl (C=O) groups excluding carboxylic acids is 2. The largest absolute Gasteiger partial charge is 0.455 e. The van der Waals surface area contributed by atoms with Gasteiger partial charge in [-0.25, -0.2) is 4.79 Å². The maximum atomic E-state index is 12.1. The second kappa shape index (κ2) is 7.06. The third-order valence-corrected chi connectivity index (χ3v) is 4.54. The normalized spacial score (nSPS) is 14.3. The molecule has 0 N–H and O–H groups in total. The molecule has 1 aliphatic heterocycles. The molecule has 0 unspecified atom stereocenters. The molecule has 23 heavy (non-hydrogen) atoms. The summed E-state index contributed by atoms with van der Waals surface area (Å²) < 4.78 is 9.30. The Kier molecular flexibility index (Phi) is 4.88. The summed E-state index contributed by atoms with van der Waals surface area (Å²) in [6, 6.07) is 7.10. The molecule has 1 amide bonds. The van der Waals surface area contributed by atoms with E-state index in [1.165, 1.54) is 0 Å².